The number of fused-ring (bicyclic) bond motifs is 2. The van der Waals surface area contributed by atoms with Gasteiger partial charge in [0, 0.05) is 24.1 Å². The van der Waals surface area contributed by atoms with Crippen LogP contribution in [0.25, 0.3) is 21.1 Å². The van der Waals surface area contributed by atoms with E-state index >= 15 is 0 Å². The van der Waals surface area contributed by atoms with Crippen LogP contribution in [0.1, 0.15) is 10.6 Å². The van der Waals surface area contributed by atoms with E-state index in [0.29, 0.717) is 34.5 Å². The number of thiazole rings is 1. The average molecular weight is 425 g/mol. The van der Waals surface area contributed by atoms with Crippen molar-refractivity contribution in [2.45, 2.75) is 19.4 Å². The Labute approximate surface area is 165 Å². The lowest BCUT2D eigenvalue weighted by molar-refractivity contribution is -0.137. The highest BCUT2D eigenvalue weighted by Crippen LogP contribution is 2.32. The minimum Gasteiger partial charge on any atom is -0.480 e. The van der Waals surface area contributed by atoms with Crippen LogP contribution in [0.4, 0.5) is 13.2 Å². The summed E-state index contributed by atoms with van der Waals surface area (Å²) in [6.07, 6.45) is 2.52. The lowest BCUT2D eigenvalue weighted by Gasteiger charge is -2.02. The lowest BCUT2D eigenvalue weighted by atomic mass is 10.1. The van der Waals surface area contributed by atoms with E-state index in [1.54, 1.807) is 22.9 Å². The Morgan fingerprint density at radius 1 is 1.21 bits per heavy atom. The molecule has 4 rings (SSSR count). The Hall–Kier alpha value is -2.58. The standard InChI is InChI=1S/C19H12ClF3N2O2S/c20-11-3-1-2-10-9(7-25(18(10)11)8-15(26)27)4-5-14-24-17-16(23)12(21)6-13(22)19(17)28-14/h1-3,6-7H,4-5,8H2,(H,26,27). The maximum absolute atomic E-state index is 13.9. The summed E-state index contributed by atoms with van der Waals surface area (Å²) in [5.74, 6) is -4.28. The zero-order valence-electron chi connectivity index (χ0n) is 14.2. The van der Waals surface area contributed by atoms with Gasteiger partial charge in [-0.05, 0) is 18.1 Å². The third-order valence-corrected chi connectivity index (χ3v) is 5.83. The van der Waals surface area contributed by atoms with E-state index in [1.807, 2.05) is 6.07 Å². The van der Waals surface area contributed by atoms with Gasteiger partial charge < -0.3 is 9.67 Å². The van der Waals surface area contributed by atoms with E-state index in [9.17, 15) is 18.0 Å². The topological polar surface area (TPSA) is 55.1 Å². The summed E-state index contributed by atoms with van der Waals surface area (Å²) in [6.45, 7) is -0.239. The fourth-order valence-electron chi connectivity index (χ4n) is 3.24. The number of rotatable bonds is 5. The Bertz CT molecular complexity index is 1240. The third kappa shape index (κ3) is 3.22. The molecule has 144 valence electrons. The van der Waals surface area contributed by atoms with Gasteiger partial charge >= 0.3 is 5.97 Å². The smallest absolute Gasteiger partial charge is 0.323 e. The fourth-order valence-corrected chi connectivity index (χ4v) is 4.48. The lowest BCUT2D eigenvalue weighted by Crippen LogP contribution is -2.07. The molecule has 9 heteroatoms. The van der Waals surface area contributed by atoms with Crippen LogP contribution in [0.5, 0.6) is 0 Å². The first kappa shape index (κ1) is 18.8. The Kier molecular flexibility index (Phi) is 4.76. The molecule has 0 aliphatic rings. The summed E-state index contributed by atoms with van der Waals surface area (Å²) >= 11 is 7.21. The molecule has 0 spiro atoms. The van der Waals surface area contributed by atoms with E-state index in [-0.39, 0.29) is 16.8 Å². The maximum Gasteiger partial charge on any atom is 0.323 e. The molecule has 0 aliphatic heterocycles. The number of hydrogen-bond donors (Lipinski definition) is 1. The van der Waals surface area contributed by atoms with Crippen LogP contribution in [-0.2, 0) is 24.2 Å². The zero-order valence-corrected chi connectivity index (χ0v) is 15.8. The van der Waals surface area contributed by atoms with Gasteiger partial charge in [-0.2, -0.15) is 0 Å². The van der Waals surface area contributed by atoms with Crippen molar-refractivity contribution in [2.75, 3.05) is 0 Å². The molecular weight excluding hydrogens is 413 g/mol. The van der Waals surface area contributed by atoms with Gasteiger partial charge in [0.1, 0.15) is 17.9 Å². The highest BCUT2D eigenvalue weighted by atomic mass is 35.5. The molecule has 4 nitrogen and oxygen atoms in total. The van der Waals surface area contributed by atoms with Gasteiger partial charge in [0.2, 0.25) is 0 Å². The number of carbonyl (C=O) groups is 1. The Balaban J connectivity index is 1.69. The first-order chi connectivity index (χ1) is 13.3. The summed E-state index contributed by atoms with van der Waals surface area (Å²) in [4.78, 5) is 15.2. The molecule has 0 bridgehead atoms. The van der Waals surface area contributed by atoms with Crippen molar-refractivity contribution in [3.05, 3.63) is 63.5 Å². The number of hydrogen-bond acceptors (Lipinski definition) is 3. The van der Waals surface area contributed by atoms with Gasteiger partial charge in [-0.25, -0.2) is 18.2 Å². The van der Waals surface area contributed by atoms with E-state index < -0.39 is 23.4 Å². The number of benzene rings is 2. The molecule has 0 fully saturated rings. The van der Waals surface area contributed by atoms with E-state index in [2.05, 4.69) is 4.98 Å². The molecule has 28 heavy (non-hydrogen) atoms. The molecule has 0 saturated carbocycles. The maximum atomic E-state index is 13.9. The molecule has 2 heterocycles. The number of aliphatic carboxylic acids is 1. The molecule has 0 aliphatic carbocycles. The van der Waals surface area contributed by atoms with Crippen molar-refractivity contribution in [1.82, 2.24) is 9.55 Å². The minimum atomic E-state index is -1.27. The highest BCUT2D eigenvalue weighted by Gasteiger charge is 2.18. The van der Waals surface area contributed by atoms with E-state index in [1.165, 1.54) is 0 Å². The number of carboxylic acid groups (broad SMARTS) is 1. The van der Waals surface area contributed by atoms with Crippen molar-refractivity contribution in [3.63, 3.8) is 0 Å². The van der Waals surface area contributed by atoms with Gasteiger partial charge in [0.15, 0.2) is 11.6 Å². The second-order valence-corrected chi connectivity index (χ2v) is 7.74. The summed E-state index contributed by atoms with van der Waals surface area (Å²) in [5, 5.41) is 10.8. The molecule has 0 saturated heterocycles. The second kappa shape index (κ2) is 7.10. The molecule has 0 amide bonds. The SMILES string of the molecule is O=C(O)Cn1cc(CCc2nc3c(F)c(F)cc(F)c3s2)c2cccc(Cl)c21. The van der Waals surface area contributed by atoms with Crippen LogP contribution in [0.2, 0.25) is 5.02 Å². The normalized spacial score (nSPS) is 11.6. The van der Waals surface area contributed by atoms with Gasteiger partial charge in [-0.15, -0.1) is 11.3 Å². The quantitative estimate of drug-likeness (QED) is 0.448. The van der Waals surface area contributed by atoms with Gasteiger partial charge in [0.25, 0.3) is 0 Å². The van der Waals surface area contributed by atoms with Gasteiger partial charge in [0.05, 0.1) is 20.2 Å². The molecule has 4 aromatic rings. The summed E-state index contributed by atoms with van der Waals surface area (Å²) in [5.41, 5.74) is 1.14. The van der Waals surface area contributed by atoms with Crippen LogP contribution < -0.4 is 0 Å². The highest BCUT2D eigenvalue weighted by molar-refractivity contribution is 7.18. The minimum absolute atomic E-state index is 0.0229. The molecule has 1 N–H and O–H groups in total. The predicted octanol–water partition coefficient (Wildman–Crippen LogP) is 5.19. The summed E-state index contributed by atoms with van der Waals surface area (Å²) in [6, 6.07) is 5.80. The molecule has 0 atom stereocenters. The average Bonchev–Trinajstić information content (AvgIpc) is 3.21. The van der Waals surface area contributed by atoms with Crippen molar-refractivity contribution in [2.24, 2.45) is 0 Å². The third-order valence-electron chi connectivity index (χ3n) is 4.40. The van der Waals surface area contributed by atoms with E-state index in [4.69, 9.17) is 16.7 Å². The van der Waals surface area contributed by atoms with Gasteiger partial charge in [-0.3, -0.25) is 4.79 Å². The monoisotopic (exact) mass is 424 g/mol. The molecule has 0 unspecified atom stereocenters. The number of carboxylic acids is 1. The number of para-hydroxylation sites is 1. The number of aryl methyl sites for hydroxylation is 2. The second-order valence-electron chi connectivity index (χ2n) is 6.25. The first-order valence-electron chi connectivity index (χ1n) is 8.26. The molecule has 0 radical (unpaired) electrons. The zero-order chi connectivity index (χ0) is 20.0. The van der Waals surface area contributed by atoms with Crippen LogP contribution in [-0.4, -0.2) is 20.6 Å². The Morgan fingerprint density at radius 2 is 2.00 bits per heavy atom. The summed E-state index contributed by atoms with van der Waals surface area (Å²) in [7, 11) is 0. The van der Waals surface area contributed by atoms with Crippen LogP contribution in [0, 0.1) is 17.5 Å². The first-order valence-corrected chi connectivity index (χ1v) is 9.45. The number of nitrogens with zero attached hydrogens (tertiary/aromatic N) is 2. The van der Waals surface area contributed by atoms with Crippen molar-refractivity contribution >= 4 is 50.0 Å². The van der Waals surface area contributed by atoms with Crippen LogP contribution in [0.15, 0.2) is 30.5 Å². The van der Waals surface area contributed by atoms with Crippen molar-refractivity contribution < 1.29 is 23.1 Å². The number of aromatic nitrogens is 2. The largest absolute Gasteiger partial charge is 0.480 e. The fraction of sp³-hybridized carbons (Fsp3) is 0.158. The predicted molar refractivity (Wildman–Crippen MR) is 101 cm³/mol. The van der Waals surface area contributed by atoms with Crippen LogP contribution in [0.3, 0.4) is 0 Å². The number of halogens is 4. The molecule has 2 aromatic carbocycles. The Morgan fingerprint density at radius 3 is 2.75 bits per heavy atom. The van der Waals surface area contributed by atoms with E-state index in [0.717, 1.165) is 22.3 Å². The van der Waals surface area contributed by atoms with Gasteiger partial charge in [-0.1, -0.05) is 23.7 Å². The van der Waals surface area contributed by atoms with Crippen LogP contribution >= 0.6 is 22.9 Å². The van der Waals surface area contributed by atoms with Crippen molar-refractivity contribution in [3.8, 4) is 0 Å². The molecular formula is C19H12ClF3N2O2S. The molecule has 2 aromatic heterocycles. The summed E-state index contributed by atoms with van der Waals surface area (Å²) < 4.78 is 42.6. The van der Waals surface area contributed by atoms with Crippen molar-refractivity contribution in [1.29, 1.82) is 0 Å².